The summed E-state index contributed by atoms with van der Waals surface area (Å²) in [5, 5.41) is 0. The van der Waals surface area contributed by atoms with E-state index in [0.717, 1.165) is 6.07 Å². The van der Waals surface area contributed by atoms with E-state index in [1.165, 1.54) is 18.3 Å². The van der Waals surface area contributed by atoms with Gasteiger partial charge in [0.15, 0.2) is 5.78 Å². The maximum atomic E-state index is 12.8. The van der Waals surface area contributed by atoms with Gasteiger partial charge in [-0.05, 0) is 39.7 Å². The van der Waals surface area contributed by atoms with Crippen LogP contribution in [0.1, 0.15) is 21.5 Å². The average molecular weight is 423 g/mol. The summed E-state index contributed by atoms with van der Waals surface area (Å²) >= 11 is 6.07. The Bertz CT molecular complexity index is 686. The molecule has 0 atom stereocenters. The molecule has 0 aliphatic rings. The molecule has 0 N–H and O–H groups in total. The van der Waals surface area contributed by atoms with Crippen molar-refractivity contribution in [3.8, 4) is 0 Å². The molecular weight excluding hydrogens is 415 g/mol. The summed E-state index contributed by atoms with van der Waals surface area (Å²) in [6, 6.07) is 5.16. The van der Waals surface area contributed by atoms with E-state index in [-0.39, 0.29) is 16.5 Å². The Balaban J connectivity index is 2.28. The molecule has 110 valence electrons. The molecule has 0 spiro atoms. The third-order valence-corrected chi connectivity index (χ3v) is 3.85. The van der Waals surface area contributed by atoms with Gasteiger partial charge in [0.2, 0.25) is 0 Å². The van der Waals surface area contributed by atoms with Crippen LogP contribution < -0.4 is 0 Å². The Hall–Kier alpha value is -1.21. The van der Waals surface area contributed by atoms with Crippen molar-refractivity contribution in [1.29, 1.82) is 0 Å². The van der Waals surface area contributed by atoms with Crippen LogP contribution in [0.3, 0.4) is 0 Å². The van der Waals surface area contributed by atoms with Gasteiger partial charge in [-0.15, -0.1) is 0 Å². The lowest BCUT2D eigenvalue weighted by Crippen LogP contribution is -2.10. The fourth-order valence-corrected chi connectivity index (χ4v) is 2.64. The molecule has 1 aromatic carbocycles. The molecule has 21 heavy (non-hydrogen) atoms. The number of benzene rings is 1. The van der Waals surface area contributed by atoms with Crippen molar-refractivity contribution in [2.24, 2.45) is 0 Å². The molecule has 0 unspecified atom stereocenters. The number of pyridine rings is 1. The second-order valence-electron chi connectivity index (χ2n) is 4.30. The van der Waals surface area contributed by atoms with Gasteiger partial charge in [0.1, 0.15) is 0 Å². The monoisotopic (exact) mass is 421 g/mol. The first-order valence-electron chi connectivity index (χ1n) is 5.77. The second kappa shape index (κ2) is 6.27. The molecule has 0 radical (unpaired) electrons. The molecule has 0 aliphatic heterocycles. The molecule has 7 heteroatoms. The van der Waals surface area contributed by atoms with E-state index in [0.29, 0.717) is 10.0 Å². The van der Waals surface area contributed by atoms with Crippen LogP contribution in [-0.4, -0.2) is 10.8 Å². The molecule has 2 rings (SSSR count). The normalized spacial score (nSPS) is 11.5. The van der Waals surface area contributed by atoms with E-state index < -0.39 is 17.5 Å². The molecule has 2 nitrogen and oxygen atoms in total. The topological polar surface area (TPSA) is 30.0 Å². The quantitative estimate of drug-likeness (QED) is 0.647. The summed E-state index contributed by atoms with van der Waals surface area (Å²) in [6.45, 7) is 0. The molecule has 0 fully saturated rings. The zero-order valence-electron chi connectivity index (χ0n) is 10.4. The number of hydrogen-bond acceptors (Lipinski definition) is 2. The van der Waals surface area contributed by atoms with Gasteiger partial charge in [-0.25, -0.2) is 0 Å². The standard InChI is InChI=1S/C14H8Br2F3NO/c15-10-3-8(6-20-7-10)4-13(21)9-1-2-12(16)11(5-9)14(17,18)19/h1-3,5-7H,4H2. The molecule has 0 aliphatic carbocycles. The molecular formula is C14H8Br2F3NO. The number of hydrogen-bond donors (Lipinski definition) is 0. The zero-order chi connectivity index (χ0) is 15.6. The molecule has 0 bridgehead atoms. The summed E-state index contributed by atoms with van der Waals surface area (Å²) in [4.78, 5) is 16.0. The minimum Gasteiger partial charge on any atom is -0.294 e. The Morgan fingerprint density at radius 1 is 1.14 bits per heavy atom. The lowest BCUT2D eigenvalue weighted by Gasteiger charge is -2.10. The first-order valence-corrected chi connectivity index (χ1v) is 7.35. The fourth-order valence-electron chi connectivity index (χ4n) is 1.76. The van der Waals surface area contributed by atoms with Crippen LogP contribution in [0.15, 0.2) is 45.6 Å². The van der Waals surface area contributed by atoms with Crippen LogP contribution in [-0.2, 0) is 12.6 Å². The molecule has 1 aromatic heterocycles. The maximum Gasteiger partial charge on any atom is 0.417 e. The number of Topliss-reactive ketones (excluding diaryl/α,β-unsaturated/α-hetero) is 1. The summed E-state index contributed by atoms with van der Waals surface area (Å²) < 4.78 is 39.1. The van der Waals surface area contributed by atoms with Crippen LogP contribution in [0, 0.1) is 0 Å². The number of halogens is 5. The van der Waals surface area contributed by atoms with Crippen molar-refractivity contribution < 1.29 is 18.0 Å². The predicted molar refractivity (Wildman–Crippen MR) is 79.1 cm³/mol. The van der Waals surface area contributed by atoms with Crippen molar-refractivity contribution >= 4 is 37.6 Å². The number of ketones is 1. The van der Waals surface area contributed by atoms with Crippen LogP contribution in [0.5, 0.6) is 0 Å². The summed E-state index contributed by atoms with van der Waals surface area (Å²) in [5.74, 6) is -0.395. The number of alkyl halides is 3. The number of aromatic nitrogens is 1. The van der Waals surface area contributed by atoms with Crippen LogP contribution in [0.2, 0.25) is 0 Å². The molecule has 0 saturated carbocycles. The SMILES string of the molecule is O=C(Cc1cncc(Br)c1)c1ccc(Br)c(C(F)(F)F)c1. The van der Waals surface area contributed by atoms with Crippen molar-refractivity contribution in [3.63, 3.8) is 0 Å². The molecule has 0 saturated heterocycles. The lowest BCUT2D eigenvalue weighted by atomic mass is 10.0. The summed E-state index contributed by atoms with van der Waals surface area (Å²) in [5.41, 5.74) is -0.211. The minimum absolute atomic E-state index is 0.00856. The van der Waals surface area contributed by atoms with Crippen molar-refractivity contribution in [1.82, 2.24) is 4.98 Å². The second-order valence-corrected chi connectivity index (χ2v) is 6.07. The first kappa shape index (κ1) is 16.2. The summed E-state index contributed by atoms with van der Waals surface area (Å²) in [7, 11) is 0. The van der Waals surface area contributed by atoms with Crippen LogP contribution >= 0.6 is 31.9 Å². The van der Waals surface area contributed by atoms with Crippen LogP contribution in [0.4, 0.5) is 13.2 Å². The van der Waals surface area contributed by atoms with Gasteiger partial charge in [-0.2, -0.15) is 13.2 Å². The number of rotatable bonds is 3. The molecule has 2 aromatic rings. The van der Waals surface area contributed by atoms with Crippen molar-refractivity contribution in [2.45, 2.75) is 12.6 Å². The van der Waals surface area contributed by atoms with Crippen molar-refractivity contribution in [3.05, 3.63) is 62.3 Å². The molecule has 0 amide bonds. The first-order chi connectivity index (χ1) is 9.77. The van der Waals surface area contributed by atoms with Gasteiger partial charge in [0, 0.05) is 33.3 Å². The van der Waals surface area contributed by atoms with Crippen molar-refractivity contribution in [2.75, 3.05) is 0 Å². The fraction of sp³-hybridized carbons (Fsp3) is 0.143. The highest BCUT2D eigenvalue weighted by molar-refractivity contribution is 9.10. The number of carbonyl (C=O) groups excluding carboxylic acids is 1. The van der Waals surface area contributed by atoms with E-state index in [4.69, 9.17) is 0 Å². The smallest absolute Gasteiger partial charge is 0.294 e. The minimum atomic E-state index is -4.51. The zero-order valence-corrected chi connectivity index (χ0v) is 13.6. The maximum absolute atomic E-state index is 12.8. The van der Waals surface area contributed by atoms with Gasteiger partial charge < -0.3 is 0 Å². The third-order valence-electron chi connectivity index (χ3n) is 2.72. The van der Waals surface area contributed by atoms with E-state index in [2.05, 4.69) is 36.8 Å². The Labute approximate surface area is 135 Å². The van der Waals surface area contributed by atoms with E-state index in [1.807, 2.05) is 0 Å². The Morgan fingerprint density at radius 2 is 1.86 bits per heavy atom. The van der Waals surface area contributed by atoms with Crippen LogP contribution in [0.25, 0.3) is 0 Å². The number of nitrogens with zero attached hydrogens (tertiary/aromatic N) is 1. The molecule has 1 heterocycles. The highest BCUT2D eigenvalue weighted by atomic mass is 79.9. The number of carbonyl (C=O) groups is 1. The summed E-state index contributed by atoms with van der Waals surface area (Å²) in [6.07, 6.45) is -1.45. The Morgan fingerprint density at radius 3 is 2.48 bits per heavy atom. The Kier molecular flexibility index (Phi) is 4.83. The van der Waals surface area contributed by atoms with E-state index in [9.17, 15) is 18.0 Å². The van der Waals surface area contributed by atoms with Gasteiger partial charge in [-0.1, -0.05) is 22.0 Å². The highest BCUT2D eigenvalue weighted by Crippen LogP contribution is 2.35. The predicted octanol–water partition coefficient (Wildman–Crippen LogP) is 5.05. The lowest BCUT2D eigenvalue weighted by molar-refractivity contribution is -0.138. The van der Waals surface area contributed by atoms with Gasteiger partial charge in [0.25, 0.3) is 0 Å². The average Bonchev–Trinajstić information content (AvgIpc) is 2.37. The largest absolute Gasteiger partial charge is 0.417 e. The van der Waals surface area contributed by atoms with E-state index in [1.54, 1.807) is 12.3 Å². The van der Waals surface area contributed by atoms with Gasteiger partial charge in [0.05, 0.1) is 5.56 Å². The van der Waals surface area contributed by atoms with Gasteiger partial charge in [-0.3, -0.25) is 9.78 Å². The van der Waals surface area contributed by atoms with E-state index >= 15 is 0 Å². The highest BCUT2D eigenvalue weighted by Gasteiger charge is 2.33. The van der Waals surface area contributed by atoms with Gasteiger partial charge >= 0.3 is 6.18 Å². The third kappa shape index (κ3) is 4.14.